The van der Waals surface area contributed by atoms with Gasteiger partial charge < -0.3 is 0 Å². The second-order valence-corrected chi connectivity index (χ2v) is 10.1. The zero-order valence-electron chi connectivity index (χ0n) is 20.6. The average molecular weight is 469 g/mol. The van der Waals surface area contributed by atoms with Crippen molar-refractivity contribution < 1.29 is 0 Å². The first-order valence-corrected chi connectivity index (χ1v) is 13.0. The second-order valence-electron chi connectivity index (χ2n) is 10.1. The lowest BCUT2D eigenvalue weighted by Crippen LogP contribution is -1.90. The first-order valence-electron chi connectivity index (χ1n) is 13.0. The molecule has 0 aliphatic carbocycles. The molecule has 0 aliphatic rings. The number of rotatable bonds is 2. The van der Waals surface area contributed by atoms with E-state index in [1.807, 2.05) is 0 Å². The van der Waals surface area contributed by atoms with E-state index in [0.717, 1.165) is 0 Å². The Morgan fingerprint density at radius 1 is 0.351 bits per heavy atom. The summed E-state index contributed by atoms with van der Waals surface area (Å²) in [5.41, 5.74) is 6.46. The van der Waals surface area contributed by atoms with Crippen LogP contribution in [0.3, 0.4) is 0 Å². The second kappa shape index (κ2) is 7.66. The van der Waals surface area contributed by atoms with Crippen LogP contribution in [0.2, 0.25) is 0 Å². The standard InChI is InChI=1S/C37H24/c1-23-29-9-2-4-11-32(29)36(33-12-5-3-10-30(23)33)27-15-13-24(14-16-27)31-21-19-28-18-17-25-7-6-8-26-20-22-34(31)37(28)35(25)26/h2-22H,1H3. The summed E-state index contributed by atoms with van der Waals surface area (Å²) in [6, 6.07) is 47.0. The van der Waals surface area contributed by atoms with Crippen LogP contribution >= 0.6 is 0 Å². The molecule has 0 heteroatoms. The highest BCUT2D eigenvalue weighted by atomic mass is 14.2. The monoisotopic (exact) mass is 468 g/mol. The van der Waals surface area contributed by atoms with E-state index in [2.05, 4.69) is 134 Å². The third-order valence-electron chi connectivity index (χ3n) is 8.21. The van der Waals surface area contributed by atoms with Crippen molar-refractivity contribution in [3.05, 3.63) is 133 Å². The SMILES string of the molecule is Cc1c2ccccc2c(-c2ccc(-c3ccc4ccc5cccc6ccc3c4c56)cc2)c2ccccc12. The van der Waals surface area contributed by atoms with Gasteiger partial charge in [0.05, 0.1) is 0 Å². The van der Waals surface area contributed by atoms with E-state index < -0.39 is 0 Å². The van der Waals surface area contributed by atoms with Crippen molar-refractivity contribution in [2.45, 2.75) is 6.92 Å². The maximum absolute atomic E-state index is 2.30. The van der Waals surface area contributed by atoms with E-state index in [0.29, 0.717) is 0 Å². The quantitative estimate of drug-likeness (QED) is 0.175. The maximum Gasteiger partial charge on any atom is -0.00206 e. The Hall–Kier alpha value is -4.68. The zero-order chi connectivity index (χ0) is 24.5. The largest absolute Gasteiger partial charge is 0.0616 e. The van der Waals surface area contributed by atoms with Crippen molar-refractivity contribution in [1.82, 2.24) is 0 Å². The van der Waals surface area contributed by atoms with E-state index in [1.54, 1.807) is 0 Å². The summed E-state index contributed by atoms with van der Waals surface area (Å²) in [5.74, 6) is 0. The van der Waals surface area contributed by atoms with E-state index in [1.165, 1.54) is 81.7 Å². The average Bonchev–Trinajstić information content (AvgIpc) is 2.96. The van der Waals surface area contributed by atoms with Crippen molar-refractivity contribution >= 4 is 53.9 Å². The van der Waals surface area contributed by atoms with Gasteiger partial charge in [0.2, 0.25) is 0 Å². The Morgan fingerprint density at radius 2 is 0.865 bits per heavy atom. The summed E-state index contributed by atoms with van der Waals surface area (Å²) < 4.78 is 0. The van der Waals surface area contributed by atoms with Crippen LogP contribution in [0.4, 0.5) is 0 Å². The van der Waals surface area contributed by atoms with E-state index in [-0.39, 0.29) is 0 Å². The van der Waals surface area contributed by atoms with Gasteiger partial charge in [-0.2, -0.15) is 0 Å². The van der Waals surface area contributed by atoms with Crippen LogP contribution < -0.4 is 0 Å². The molecule has 0 unspecified atom stereocenters. The molecule has 37 heavy (non-hydrogen) atoms. The van der Waals surface area contributed by atoms with Crippen LogP contribution in [0.15, 0.2) is 127 Å². The molecule has 0 spiro atoms. The summed E-state index contributed by atoms with van der Waals surface area (Å²) >= 11 is 0. The molecule has 0 saturated heterocycles. The normalized spacial score (nSPS) is 11.9. The highest BCUT2D eigenvalue weighted by Crippen LogP contribution is 2.42. The molecule has 0 atom stereocenters. The van der Waals surface area contributed by atoms with Gasteiger partial charge in [0.1, 0.15) is 0 Å². The minimum absolute atomic E-state index is 1.25. The minimum Gasteiger partial charge on any atom is -0.0616 e. The van der Waals surface area contributed by atoms with Gasteiger partial charge in [0.15, 0.2) is 0 Å². The van der Waals surface area contributed by atoms with Crippen molar-refractivity contribution in [2.24, 2.45) is 0 Å². The number of hydrogen-bond acceptors (Lipinski definition) is 0. The summed E-state index contributed by atoms with van der Waals surface area (Å²) in [4.78, 5) is 0. The third-order valence-corrected chi connectivity index (χ3v) is 8.21. The lowest BCUT2D eigenvalue weighted by atomic mass is 9.87. The number of benzene rings is 8. The Bertz CT molecular complexity index is 2060. The zero-order valence-corrected chi connectivity index (χ0v) is 20.6. The van der Waals surface area contributed by atoms with Gasteiger partial charge in [-0.15, -0.1) is 0 Å². The van der Waals surface area contributed by atoms with Gasteiger partial charge in [0.25, 0.3) is 0 Å². The van der Waals surface area contributed by atoms with Crippen LogP contribution in [0.25, 0.3) is 76.1 Å². The number of aryl methyl sites for hydroxylation is 1. The molecule has 0 nitrogen and oxygen atoms in total. The van der Waals surface area contributed by atoms with Crippen molar-refractivity contribution in [3.8, 4) is 22.3 Å². The molecule has 8 rings (SSSR count). The molecule has 0 radical (unpaired) electrons. The summed E-state index contributed by atoms with van der Waals surface area (Å²) in [7, 11) is 0. The fourth-order valence-corrected chi connectivity index (χ4v) is 6.46. The maximum atomic E-state index is 2.30. The van der Waals surface area contributed by atoms with Gasteiger partial charge in [-0.25, -0.2) is 0 Å². The lowest BCUT2D eigenvalue weighted by Gasteiger charge is -2.16. The van der Waals surface area contributed by atoms with E-state index >= 15 is 0 Å². The molecule has 0 amide bonds. The number of hydrogen-bond donors (Lipinski definition) is 0. The lowest BCUT2D eigenvalue weighted by molar-refractivity contribution is 1.57. The van der Waals surface area contributed by atoms with Gasteiger partial charge in [-0.3, -0.25) is 0 Å². The van der Waals surface area contributed by atoms with E-state index in [9.17, 15) is 0 Å². The Kier molecular flexibility index (Phi) is 4.24. The Morgan fingerprint density at radius 3 is 1.51 bits per heavy atom. The van der Waals surface area contributed by atoms with Gasteiger partial charge in [0, 0.05) is 0 Å². The fraction of sp³-hybridized carbons (Fsp3) is 0.0270. The van der Waals surface area contributed by atoms with Crippen molar-refractivity contribution in [3.63, 3.8) is 0 Å². The predicted molar refractivity (Wildman–Crippen MR) is 161 cm³/mol. The predicted octanol–water partition coefficient (Wildman–Crippen LogP) is 10.5. The summed E-state index contributed by atoms with van der Waals surface area (Å²) in [6.45, 7) is 2.24. The minimum atomic E-state index is 1.25. The molecule has 0 saturated carbocycles. The van der Waals surface area contributed by atoms with Crippen molar-refractivity contribution in [2.75, 3.05) is 0 Å². The molecule has 0 heterocycles. The summed E-state index contributed by atoms with van der Waals surface area (Å²) in [6.07, 6.45) is 0. The van der Waals surface area contributed by atoms with Gasteiger partial charge >= 0.3 is 0 Å². The van der Waals surface area contributed by atoms with E-state index in [4.69, 9.17) is 0 Å². The molecule has 172 valence electrons. The third kappa shape index (κ3) is 2.90. The van der Waals surface area contributed by atoms with Crippen LogP contribution in [0.5, 0.6) is 0 Å². The molecule has 8 aromatic rings. The molecule has 0 fully saturated rings. The molecule has 0 N–H and O–H groups in total. The van der Waals surface area contributed by atoms with Crippen LogP contribution in [-0.2, 0) is 0 Å². The molecule has 0 bridgehead atoms. The highest BCUT2D eigenvalue weighted by Gasteiger charge is 2.15. The first-order chi connectivity index (χ1) is 18.3. The molecular weight excluding hydrogens is 444 g/mol. The van der Waals surface area contributed by atoms with Crippen LogP contribution in [0, 0.1) is 6.92 Å². The molecule has 0 aliphatic heterocycles. The van der Waals surface area contributed by atoms with Crippen LogP contribution in [0.1, 0.15) is 5.56 Å². The summed E-state index contributed by atoms with van der Waals surface area (Å²) in [5, 5.41) is 13.3. The van der Waals surface area contributed by atoms with Crippen molar-refractivity contribution in [1.29, 1.82) is 0 Å². The van der Waals surface area contributed by atoms with Crippen LogP contribution in [-0.4, -0.2) is 0 Å². The van der Waals surface area contributed by atoms with Gasteiger partial charge in [-0.05, 0) is 88.6 Å². The van der Waals surface area contributed by atoms with Gasteiger partial charge in [-0.1, -0.05) is 127 Å². The Labute approximate surface area is 215 Å². The molecule has 0 aromatic heterocycles. The first kappa shape index (κ1) is 20.5. The molecule has 8 aromatic carbocycles. The highest BCUT2D eigenvalue weighted by molar-refractivity contribution is 6.25. The fourth-order valence-electron chi connectivity index (χ4n) is 6.46. The molecular formula is C37H24. The topological polar surface area (TPSA) is 0 Å². The Balaban J connectivity index is 1.35. The smallest absolute Gasteiger partial charge is 0.00206 e. The number of fused-ring (bicyclic) bond motifs is 2.